The molecule has 1 aliphatic heterocycles. The second kappa shape index (κ2) is 5.01. The molecule has 0 fully saturated rings. The smallest absolute Gasteiger partial charge is 0.130 e. The topological polar surface area (TPSA) is 9.23 Å². The highest BCUT2D eigenvalue weighted by Gasteiger charge is 2.25. The van der Waals surface area contributed by atoms with Gasteiger partial charge in [0.15, 0.2) is 0 Å². The highest BCUT2D eigenvalue weighted by Crippen LogP contribution is 2.36. The molecule has 0 N–H and O–H groups in total. The molecular weight excluding hydrogens is 220 g/mol. The summed E-state index contributed by atoms with van der Waals surface area (Å²) in [6.45, 7) is 8.80. The molecule has 1 unspecified atom stereocenters. The predicted octanol–water partition coefficient (Wildman–Crippen LogP) is 5.01. The highest BCUT2D eigenvalue weighted by molar-refractivity contribution is 5.62. The van der Waals surface area contributed by atoms with Gasteiger partial charge in [-0.2, -0.15) is 0 Å². The van der Waals surface area contributed by atoms with E-state index in [0.29, 0.717) is 5.92 Å². The molecule has 1 aliphatic rings. The lowest BCUT2D eigenvalue weighted by Gasteiger charge is -2.29. The van der Waals surface area contributed by atoms with Gasteiger partial charge in [0.1, 0.15) is 11.5 Å². The highest BCUT2D eigenvalue weighted by atomic mass is 16.5. The Bertz CT molecular complexity index is 460. The fourth-order valence-electron chi connectivity index (χ4n) is 2.02. The first-order valence-corrected chi connectivity index (χ1v) is 6.68. The maximum atomic E-state index is 6.09. The first-order chi connectivity index (χ1) is 8.50. The number of hydrogen-bond acceptors (Lipinski definition) is 1. The summed E-state index contributed by atoms with van der Waals surface area (Å²) in [6.07, 6.45) is 5.59. The van der Waals surface area contributed by atoms with Crippen molar-refractivity contribution in [2.45, 2.75) is 34.1 Å². The van der Waals surface area contributed by atoms with E-state index in [2.05, 4.69) is 64.1 Å². The molecule has 18 heavy (non-hydrogen) atoms. The quantitative estimate of drug-likeness (QED) is 0.708. The van der Waals surface area contributed by atoms with Crippen molar-refractivity contribution in [2.24, 2.45) is 11.3 Å². The second-order valence-corrected chi connectivity index (χ2v) is 5.85. The monoisotopic (exact) mass is 242 g/mol. The van der Waals surface area contributed by atoms with Gasteiger partial charge in [-0.15, -0.1) is 0 Å². The van der Waals surface area contributed by atoms with E-state index in [4.69, 9.17) is 4.74 Å². The fraction of sp³-hybridized carbons (Fsp3) is 0.412. The van der Waals surface area contributed by atoms with Crippen molar-refractivity contribution in [3.63, 3.8) is 0 Å². The third-order valence-electron chi connectivity index (χ3n) is 3.22. The SMILES string of the molecule is CCC1C=C(c2ccccc2)OC(C(C)(C)C)=C1. The normalized spacial score (nSPS) is 19.9. The molecule has 0 aromatic heterocycles. The Morgan fingerprint density at radius 1 is 1.06 bits per heavy atom. The Kier molecular flexibility index (Phi) is 3.60. The lowest BCUT2D eigenvalue weighted by molar-refractivity contribution is 0.253. The van der Waals surface area contributed by atoms with Gasteiger partial charge >= 0.3 is 0 Å². The summed E-state index contributed by atoms with van der Waals surface area (Å²) in [5.41, 5.74) is 1.22. The molecule has 0 spiro atoms. The molecule has 1 heterocycles. The minimum absolute atomic E-state index is 0.0573. The molecule has 0 saturated carbocycles. The summed E-state index contributed by atoms with van der Waals surface area (Å²) in [5.74, 6) is 2.55. The third-order valence-corrected chi connectivity index (χ3v) is 3.22. The standard InChI is InChI=1S/C17H22O/c1-5-13-11-15(14-9-7-6-8-10-14)18-16(12-13)17(2,3)4/h6-13H,5H2,1-4H3. The molecule has 1 aromatic rings. The van der Waals surface area contributed by atoms with Crippen LogP contribution < -0.4 is 0 Å². The molecule has 1 atom stereocenters. The van der Waals surface area contributed by atoms with Crippen molar-refractivity contribution in [1.82, 2.24) is 0 Å². The zero-order chi connectivity index (χ0) is 13.2. The fourth-order valence-corrected chi connectivity index (χ4v) is 2.02. The van der Waals surface area contributed by atoms with Crippen LogP contribution in [0, 0.1) is 11.3 Å². The van der Waals surface area contributed by atoms with Crippen LogP contribution in [0.15, 0.2) is 48.2 Å². The number of allylic oxidation sites excluding steroid dienone is 3. The van der Waals surface area contributed by atoms with Crippen LogP contribution >= 0.6 is 0 Å². The van der Waals surface area contributed by atoms with Gasteiger partial charge < -0.3 is 4.74 Å². The molecule has 2 rings (SSSR count). The first kappa shape index (κ1) is 12.9. The minimum atomic E-state index is 0.0573. The van der Waals surface area contributed by atoms with Crippen molar-refractivity contribution in [2.75, 3.05) is 0 Å². The second-order valence-electron chi connectivity index (χ2n) is 5.85. The molecule has 1 aromatic carbocycles. The third kappa shape index (κ3) is 2.84. The molecule has 0 bridgehead atoms. The average molecular weight is 242 g/mol. The zero-order valence-electron chi connectivity index (χ0n) is 11.7. The van der Waals surface area contributed by atoms with Gasteiger partial charge in [0.25, 0.3) is 0 Å². The Morgan fingerprint density at radius 3 is 2.28 bits per heavy atom. The van der Waals surface area contributed by atoms with Crippen LogP contribution in [0.1, 0.15) is 39.7 Å². The van der Waals surface area contributed by atoms with Crippen molar-refractivity contribution >= 4 is 5.76 Å². The number of benzene rings is 1. The summed E-state index contributed by atoms with van der Waals surface area (Å²) < 4.78 is 6.09. The summed E-state index contributed by atoms with van der Waals surface area (Å²) in [4.78, 5) is 0. The van der Waals surface area contributed by atoms with Crippen LogP contribution in [0.2, 0.25) is 0 Å². The molecule has 0 radical (unpaired) electrons. The zero-order valence-corrected chi connectivity index (χ0v) is 11.7. The molecular formula is C17H22O. The van der Waals surface area contributed by atoms with Crippen molar-refractivity contribution in [3.05, 3.63) is 53.8 Å². The van der Waals surface area contributed by atoms with Crippen LogP contribution in [0.25, 0.3) is 5.76 Å². The van der Waals surface area contributed by atoms with E-state index in [0.717, 1.165) is 23.5 Å². The van der Waals surface area contributed by atoms with E-state index in [9.17, 15) is 0 Å². The van der Waals surface area contributed by atoms with Crippen LogP contribution in [-0.2, 0) is 4.74 Å². The Labute approximate surface area is 110 Å². The molecule has 0 aliphatic carbocycles. The van der Waals surface area contributed by atoms with Gasteiger partial charge in [0.05, 0.1) is 0 Å². The van der Waals surface area contributed by atoms with Gasteiger partial charge in [0.2, 0.25) is 0 Å². The summed E-state index contributed by atoms with van der Waals surface area (Å²) in [7, 11) is 0. The van der Waals surface area contributed by atoms with Gasteiger partial charge in [-0.25, -0.2) is 0 Å². The summed E-state index contributed by atoms with van der Waals surface area (Å²) in [6, 6.07) is 10.3. The summed E-state index contributed by atoms with van der Waals surface area (Å²) >= 11 is 0. The molecule has 1 heteroatoms. The molecule has 96 valence electrons. The largest absolute Gasteiger partial charge is 0.461 e. The maximum absolute atomic E-state index is 6.09. The number of hydrogen-bond donors (Lipinski definition) is 0. The van der Waals surface area contributed by atoms with Gasteiger partial charge in [-0.3, -0.25) is 0 Å². The Morgan fingerprint density at radius 2 is 1.72 bits per heavy atom. The van der Waals surface area contributed by atoms with E-state index in [1.165, 1.54) is 0 Å². The molecule has 0 saturated heterocycles. The van der Waals surface area contributed by atoms with Crippen LogP contribution in [0.3, 0.4) is 0 Å². The van der Waals surface area contributed by atoms with E-state index < -0.39 is 0 Å². The van der Waals surface area contributed by atoms with Gasteiger partial charge in [-0.1, -0.05) is 58.0 Å². The van der Waals surface area contributed by atoms with Crippen molar-refractivity contribution in [3.8, 4) is 0 Å². The lowest BCUT2D eigenvalue weighted by Crippen LogP contribution is -2.16. The van der Waals surface area contributed by atoms with Crippen LogP contribution in [-0.4, -0.2) is 0 Å². The lowest BCUT2D eigenvalue weighted by atomic mass is 9.88. The van der Waals surface area contributed by atoms with E-state index in [1.54, 1.807) is 0 Å². The maximum Gasteiger partial charge on any atom is 0.130 e. The number of ether oxygens (including phenoxy) is 1. The first-order valence-electron chi connectivity index (χ1n) is 6.68. The van der Waals surface area contributed by atoms with E-state index in [1.807, 2.05) is 6.07 Å². The van der Waals surface area contributed by atoms with E-state index >= 15 is 0 Å². The van der Waals surface area contributed by atoms with Crippen LogP contribution in [0.5, 0.6) is 0 Å². The minimum Gasteiger partial charge on any atom is -0.461 e. The molecule has 0 amide bonds. The van der Waals surface area contributed by atoms with Crippen molar-refractivity contribution in [1.29, 1.82) is 0 Å². The van der Waals surface area contributed by atoms with E-state index in [-0.39, 0.29) is 5.41 Å². The predicted molar refractivity (Wildman–Crippen MR) is 76.8 cm³/mol. The van der Waals surface area contributed by atoms with Gasteiger partial charge in [0, 0.05) is 16.9 Å². The van der Waals surface area contributed by atoms with Crippen LogP contribution in [0.4, 0.5) is 0 Å². The summed E-state index contributed by atoms with van der Waals surface area (Å²) in [5, 5.41) is 0. The Balaban J connectivity index is 2.32. The molecule has 1 nitrogen and oxygen atoms in total. The van der Waals surface area contributed by atoms with Crippen molar-refractivity contribution < 1.29 is 4.74 Å². The Hall–Kier alpha value is -1.50. The number of rotatable bonds is 2. The van der Waals surface area contributed by atoms with Gasteiger partial charge in [-0.05, 0) is 18.6 Å². The average Bonchev–Trinajstić information content (AvgIpc) is 2.38.